The van der Waals surface area contributed by atoms with Crippen LogP contribution in [-0.2, 0) is 0 Å². The van der Waals surface area contributed by atoms with E-state index in [1.54, 1.807) is 0 Å². The zero-order chi connectivity index (χ0) is 9.90. The number of hydrogen-bond donors (Lipinski definition) is 1. The fraction of sp³-hybridized carbons (Fsp3) is 1.00. The SMILES string of the molecule is CC(C)CC(C)(C)N1CCNCC1. The molecule has 0 bridgehead atoms. The molecular weight excluding hydrogens is 160 g/mol. The molecule has 1 fully saturated rings. The van der Waals surface area contributed by atoms with Crippen LogP contribution in [0.1, 0.15) is 34.1 Å². The molecule has 13 heavy (non-hydrogen) atoms. The molecule has 2 heteroatoms. The highest BCUT2D eigenvalue weighted by molar-refractivity contribution is 4.85. The molecule has 0 amide bonds. The third-order valence-corrected chi connectivity index (χ3v) is 2.88. The quantitative estimate of drug-likeness (QED) is 0.718. The first-order valence-electron chi connectivity index (χ1n) is 5.48. The molecule has 1 aliphatic rings. The van der Waals surface area contributed by atoms with E-state index in [2.05, 4.69) is 37.9 Å². The van der Waals surface area contributed by atoms with Gasteiger partial charge in [0, 0.05) is 31.7 Å². The van der Waals surface area contributed by atoms with Crippen LogP contribution in [0.5, 0.6) is 0 Å². The van der Waals surface area contributed by atoms with Crippen molar-refractivity contribution in [3.8, 4) is 0 Å². The summed E-state index contributed by atoms with van der Waals surface area (Å²) in [6.07, 6.45) is 1.30. The minimum absolute atomic E-state index is 0.385. The van der Waals surface area contributed by atoms with E-state index in [4.69, 9.17) is 0 Å². The van der Waals surface area contributed by atoms with Gasteiger partial charge in [-0.15, -0.1) is 0 Å². The predicted octanol–water partition coefficient (Wildman–Crippen LogP) is 1.72. The molecule has 0 spiro atoms. The summed E-state index contributed by atoms with van der Waals surface area (Å²) < 4.78 is 0. The molecule has 1 heterocycles. The van der Waals surface area contributed by atoms with Crippen molar-refractivity contribution in [3.63, 3.8) is 0 Å². The van der Waals surface area contributed by atoms with Crippen molar-refractivity contribution in [3.05, 3.63) is 0 Å². The lowest BCUT2D eigenvalue weighted by molar-refractivity contribution is 0.0845. The van der Waals surface area contributed by atoms with Gasteiger partial charge in [-0.25, -0.2) is 0 Å². The van der Waals surface area contributed by atoms with Gasteiger partial charge in [0.15, 0.2) is 0 Å². The standard InChI is InChI=1S/C11H24N2/c1-10(2)9-11(3,4)13-7-5-12-6-8-13/h10,12H,5-9H2,1-4H3. The van der Waals surface area contributed by atoms with Crippen LogP contribution in [0.25, 0.3) is 0 Å². The summed E-state index contributed by atoms with van der Waals surface area (Å²) in [4.78, 5) is 2.61. The Balaban J connectivity index is 2.45. The largest absolute Gasteiger partial charge is 0.314 e. The van der Waals surface area contributed by atoms with Gasteiger partial charge < -0.3 is 5.32 Å². The molecule has 0 aliphatic carbocycles. The Labute approximate surface area is 82.7 Å². The number of hydrogen-bond acceptors (Lipinski definition) is 2. The van der Waals surface area contributed by atoms with Gasteiger partial charge in [0.05, 0.1) is 0 Å². The second-order valence-corrected chi connectivity index (χ2v) is 5.15. The van der Waals surface area contributed by atoms with E-state index in [0.29, 0.717) is 5.54 Å². The molecule has 1 N–H and O–H groups in total. The van der Waals surface area contributed by atoms with E-state index in [0.717, 1.165) is 19.0 Å². The smallest absolute Gasteiger partial charge is 0.0156 e. The van der Waals surface area contributed by atoms with E-state index in [-0.39, 0.29) is 0 Å². The maximum atomic E-state index is 3.40. The number of nitrogens with zero attached hydrogens (tertiary/aromatic N) is 1. The maximum absolute atomic E-state index is 3.40. The molecule has 0 unspecified atom stereocenters. The van der Waals surface area contributed by atoms with Gasteiger partial charge in [-0.05, 0) is 26.2 Å². The van der Waals surface area contributed by atoms with Crippen LogP contribution in [0.4, 0.5) is 0 Å². The van der Waals surface area contributed by atoms with E-state index < -0.39 is 0 Å². The van der Waals surface area contributed by atoms with Gasteiger partial charge in [0.25, 0.3) is 0 Å². The molecule has 0 aromatic carbocycles. The van der Waals surface area contributed by atoms with E-state index in [9.17, 15) is 0 Å². The van der Waals surface area contributed by atoms with Crippen LogP contribution in [0.2, 0.25) is 0 Å². The molecule has 1 rings (SSSR count). The monoisotopic (exact) mass is 184 g/mol. The van der Waals surface area contributed by atoms with Gasteiger partial charge in [-0.1, -0.05) is 13.8 Å². The summed E-state index contributed by atoms with van der Waals surface area (Å²) in [6, 6.07) is 0. The zero-order valence-electron chi connectivity index (χ0n) is 9.56. The van der Waals surface area contributed by atoms with Crippen molar-refractivity contribution >= 4 is 0 Å². The van der Waals surface area contributed by atoms with Crippen molar-refractivity contribution in [2.75, 3.05) is 26.2 Å². The lowest BCUT2D eigenvalue weighted by atomic mass is 9.90. The third kappa shape index (κ3) is 3.28. The molecule has 1 aliphatic heterocycles. The molecule has 0 radical (unpaired) electrons. The summed E-state index contributed by atoms with van der Waals surface area (Å²) in [5, 5.41) is 3.40. The van der Waals surface area contributed by atoms with Crippen LogP contribution in [0.3, 0.4) is 0 Å². The van der Waals surface area contributed by atoms with Crippen molar-refractivity contribution in [2.45, 2.75) is 39.7 Å². The molecule has 0 aromatic rings. The molecule has 0 aromatic heterocycles. The summed E-state index contributed by atoms with van der Waals surface area (Å²) >= 11 is 0. The maximum Gasteiger partial charge on any atom is 0.0156 e. The topological polar surface area (TPSA) is 15.3 Å². The Kier molecular flexibility index (Phi) is 3.74. The fourth-order valence-corrected chi connectivity index (χ4v) is 2.40. The average Bonchev–Trinajstić information content (AvgIpc) is 2.04. The Morgan fingerprint density at radius 2 is 1.77 bits per heavy atom. The third-order valence-electron chi connectivity index (χ3n) is 2.88. The van der Waals surface area contributed by atoms with Crippen molar-refractivity contribution in [1.29, 1.82) is 0 Å². The molecule has 78 valence electrons. The Morgan fingerprint density at radius 1 is 1.23 bits per heavy atom. The van der Waals surface area contributed by atoms with Gasteiger partial charge in [-0.2, -0.15) is 0 Å². The Bertz CT molecular complexity index is 146. The molecule has 0 saturated carbocycles. The lowest BCUT2D eigenvalue weighted by Gasteiger charge is -2.42. The first-order valence-corrected chi connectivity index (χ1v) is 5.48. The van der Waals surface area contributed by atoms with Crippen molar-refractivity contribution in [2.24, 2.45) is 5.92 Å². The Morgan fingerprint density at radius 3 is 2.23 bits per heavy atom. The fourth-order valence-electron chi connectivity index (χ4n) is 2.40. The second kappa shape index (κ2) is 4.43. The molecule has 0 atom stereocenters. The van der Waals surface area contributed by atoms with Crippen molar-refractivity contribution < 1.29 is 0 Å². The van der Waals surface area contributed by atoms with Crippen molar-refractivity contribution in [1.82, 2.24) is 10.2 Å². The summed E-state index contributed by atoms with van der Waals surface area (Å²) in [7, 11) is 0. The molecule has 1 saturated heterocycles. The van der Waals surface area contributed by atoms with Gasteiger partial charge in [0.2, 0.25) is 0 Å². The minimum atomic E-state index is 0.385. The summed E-state index contributed by atoms with van der Waals surface area (Å²) in [5.74, 6) is 0.796. The summed E-state index contributed by atoms with van der Waals surface area (Å²) in [6.45, 7) is 14.1. The summed E-state index contributed by atoms with van der Waals surface area (Å²) in [5.41, 5.74) is 0.385. The highest BCUT2D eigenvalue weighted by atomic mass is 15.2. The van der Waals surface area contributed by atoms with Crippen LogP contribution in [-0.4, -0.2) is 36.6 Å². The van der Waals surface area contributed by atoms with E-state index in [1.165, 1.54) is 19.5 Å². The highest BCUT2D eigenvalue weighted by Gasteiger charge is 2.28. The van der Waals surface area contributed by atoms with E-state index in [1.807, 2.05) is 0 Å². The first kappa shape index (κ1) is 11.0. The molecular formula is C11H24N2. The average molecular weight is 184 g/mol. The Hall–Kier alpha value is -0.0800. The second-order valence-electron chi connectivity index (χ2n) is 5.15. The van der Waals surface area contributed by atoms with Crippen LogP contribution in [0.15, 0.2) is 0 Å². The molecule has 2 nitrogen and oxygen atoms in total. The number of piperazine rings is 1. The van der Waals surface area contributed by atoms with Gasteiger partial charge in [0.1, 0.15) is 0 Å². The van der Waals surface area contributed by atoms with Crippen LogP contribution in [0, 0.1) is 5.92 Å². The highest BCUT2D eigenvalue weighted by Crippen LogP contribution is 2.23. The number of nitrogens with one attached hydrogen (secondary N) is 1. The van der Waals surface area contributed by atoms with Gasteiger partial charge >= 0.3 is 0 Å². The minimum Gasteiger partial charge on any atom is -0.314 e. The predicted molar refractivity (Wildman–Crippen MR) is 58.0 cm³/mol. The van der Waals surface area contributed by atoms with Gasteiger partial charge in [-0.3, -0.25) is 4.90 Å². The van der Waals surface area contributed by atoms with Crippen LogP contribution >= 0.6 is 0 Å². The normalized spacial score (nSPS) is 21.0. The lowest BCUT2D eigenvalue weighted by Crippen LogP contribution is -2.53. The number of rotatable bonds is 3. The first-order chi connectivity index (χ1) is 6.02. The van der Waals surface area contributed by atoms with E-state index >= 15 is 0 Å². The van der Waals surface area contributed by atoms with Crippen LogP contribution < -0.4 is 5.32 Å². The zero-order valence-corrected chi connectivity index (χ0v) is 9.56.